The van der Waals surface area contributed by atoms with Gasteiger partial charge in [-0.3, -0.25) is 4.99 Å². The third-order valence-corrected chi connectivity index (χ3v) is 5.64. The van der Waals surface area contributed by atoms with E-state index in [0.29, 0.717) is 10.9 Å². The molecule has 0 radical (unpaired) electrons. The number of guanidine groups is 1. The van der Waals surface area contributed by atoms with Crippen LogP contribution in [0, 0.1) is 5.92 Å². The molecule has 2 saturated heterocycles. The van der Waals surface area contributed by atoms with Crippen LogP contribution in [0.1, 0.15) is 18.6 Å². The number of hydrogen-bond donors (Lipinski definition) is 1. The van der Waals surface area contributed by atoms with E-state index in [1.165, 1.54) is 0 Å². The lowest BCUT2D eigenvalue weighted by molar-refractivity contribution is 0.187. The van der Waals surface area contributed by atoms with Gasteiger partial charge in [-0.2, -0.15) is 0 Å². The minimum Gasteiger partial charge on any atom is -0.487 e. The molecule has 2 fully saturated rings. The van der Waals surface area contributed by atoms with E-state index < -0.39 is 0 Å². The molecule has 3 heterocycles. The second-order valence-corrected chi connectivity index (χ2v) is 7.96. The first-order valence-corrected chi connectivity index (χ1v) is 10.7. The van der Waals surface area contributed by atoms with Crippen LogP contribution in [-0.4, -0.2) is 56.4 Å². The number of benzene rings is 1. The lowest BCUT2D eigenvalue weighted by Gasteiger charge is -2.23. The largest absolute Gasteiger partial charge is 0.487 e. The van der Waals surface area contributed by atoms with Gasteiger partial charge in [-0.05, 0) is 30.7 Å². The number of nitrogens with one attached hydrogen (secondary N) is 1. The van der Waals surface area contributed by atoms with Crippen molar-refractivity contribution in [2.45, 2.75) is 25.4 Å². The fourth-order valence-electron chi connectivity index (χ4n) is 3.70. The Hall–Kier alpha value is -1.45. The molecule has 0 saturated carbocycles. The van der Waals surface area contributed by atoms with Crippen molar-refractivity contribution in [2.75, 3.05) is 39.4 Å². The van der Waals surface area contributed by atoms with Gasteiger partial charge in [0, 0.05) is 45.0 Å². The van der Waals surface area contributed by atoms with Gasteiger partial charge < -0.3 is 24.1 Å². The number of para-hydroxylation sites is 1. The van der Waals surface area contributed by atoms with Crippen molar-refractivity contribution in [3.05, 3.63) is 53.4 Å². The Morgan fingerprint density at radius 1 is 1.23 bits per heavy atom. The van der Waals surface area contributed by atoms with Crippen LogP contribution in [0.3, 0.4) is 0 Å². The van der Waals surface area contributed by atoms with Crippen molar-refractivity contribution in [1.29, 1.82) is 0 Å². The van der Waals surface area contributed by atoms with E-state index in [1.807, 2.05) is 36.4 Å². The zero-order valence-corrected chi connectivity index (χ0v) is 20.1. The van der Waals surface area contributed by atoms with Crippen LogP contribution >= 0.6 is 35.6 Å². The Labute approximate surface area is 200 Å². The van der Waals surface area contributed by atoms with Crippen molar-refractivity contribution in [3.8, 4) is 5.75 Å². The predicted molar refractivity (Wildman–Crippen MR) is 129 cm³/mol. The number of furan rings is 1. The van der Waals surface area contributed by atoms with Gasteiger partial charge >= 0.3 is 0 Å². The number of rotatable bonds is 7. The first kappa shape index (κ1) is 23.2. The number of ether oxygens (including phenoxy) is 2. The van der Waals surface area contributed by atoms with Crippen LogP contribution in [0.2, 0.25) is 5.02 Å². The summed E-state index contributed by atoms with van der Waals surface area (Å²) in [7, 11) is 0. The highest BCUT2D eigenvalue weighted by Gasteiger charge is 2.27. The molecule has 2 aliphatic rings. The van der Waals surface area contributed by atoms with E-state index in [9.17, 15) is 0 Å². The molecule has 30 heavy (non-hydrogen) atoms. The average Bonchev–Trinajstić information content (AvgIpc) is 3.49. The SMILES string of the molecule is Clc1ccccc1OC1CCN(C(=NCC2CCOC2)NCCc2ccco2)C1.I. The summed E-state index contributed by atoms with van der Waals surface area (Å²) >= 11 is 6.25. The highest BCUT2D eigenvalue weighted by atomic mass is 127. The molecule has 164 valence electrons. The second-order valence-electron chi connectivity index (χ2n) is 7.56. The van der Waals surface area contributed by atoms with Gasteiger partial charge in [-0.25, -0.2) is 0 Å². The molecule has 4 rings (SSSR count). The van der Waals surface area contributed by atoms with Gasteiger partial charge in [0.2, 0.25) is 0 Å². The molecule has 2 unspecified atom stereocenters. The third-order valence-electron chi connectivity index (χ3n) is 5.33. The Morgan fingerprint density at radius 2 is 2.13 bits per heavy atom. The summed E-state index contributed by atoms with van der Waals surface area (Å²) in [5, 5.41) is 4.16. The van der Waals surface area contributed by atoms with Gasteiger partial charge in [0.25, 0.3) is 0 Å². The maximum atomic E-state index is 6.25. The molecule has 0 bridgehead atoms. The van der Waals surface area contributed by atoms with Gasteiger partial charge in [-0.1, -0.05) is 23.7 Å². The summed E-state index contributed by atoms with van der Waals surface area (Å²) in [5.74, 6) is 3.17. The third kappa shape index (κ3) is 6.52. The zero-order valence-electron chi connectivity index (χ0n) is 17.0. The minimum absolute atomic E-state index is 0. The fourth-order valence-corrected chi connectivity index (χ4v) is 3.88. The van der Waals surface area contributed by atoms with Crippen LogP contribution < -0.4 is 10.1 Å². The van der Waals surface area contributed by atoms with Gasteiger partial charge in [0.15, 0.2) is 5.96 Å². The molecule has 0 aliphatic carbocycles. The smallest absolute Gasteiger partial charge is 0.194 e. The number of halogens is 2. The first-order chi connectivity index (χ1) is 14.3. The van der Waals surface area contributed by atoms with Crippen molar-refractivity contribution < 1.29 is 13.9 Å². The lowest BCUT2D eigenvalue weighted by atomic mass is 10.1. The van der Waals surface area contributed by atoms with E-state index in [2.05, 4.69) is 10.2 Å². The van der Waals surface area contributed by atoms with Crippen LogP contribution in [0.5, 0.6) is 5.75 Å². The molecule has 1 aromatic heterocycles. The topological polar surface area (TPSA) is 59.2 Å². The Kier molecular flexibility index (Phi) is 9.14. The first-order valence-electron chi connectivity index (χ1n) is 10.3. The van der Waals surface area contributed by atoms with Crippen molar-refractivity contribution >= 4 is 41.5 Å². The average molecular weight is 546 g/mol. The second kappa shape index (κ2) is 11.8. The van der Waals surface area contributed by atoms with E-state index in [1.54, 1.807) is 6.26 Å². The Morgan fingerprint density at radius 3 is 2.90 bits per heavy atom. The molecule has 2 aliphatic heterocycles. The lowest BCUT2D eigenvalue weighted by Crippen LogP contribution is -2.42. The molecule has 1 aromatic carbocycles. The quantitative estimate of drug-likeness (QED) is 0.321. The summed E-state index contributed by atoms with van der Waals surface area (Å²) in [4.78, 5) is 7.18. The maximum absolute atomic E-state index is 6.25. The number of hydrogen-bond acceptors (Lipinski definition) is 4. The summed E-state index contributed by atoms with van der Waals surface area (Å²) < 4.78 is 17.1. The summed E-state index contributed by atoms with van der Waals surface area (Å²) in [6.45, 7) is 4.91. The molecule has 0 amide bonds. The van der Waals surface area contributed by atoms with Crippen molar-refractivity contribution in [2.24, 2.45) is 10.9 Å². The summed E-state index contributed by atoms with van der Waals surface area (Å²) in [5.41, 5.74) is 0. The monoisotopic (exact) mass is 545 g/mol. The summed E-state index contributed by atoms with van der Waals surface area (Å²) in [6.07, 6.45) is 4.66. The standard InChI is InChI=1S/C22H28ClN3O3.HI/c23-20-5-1-2-6-21(20)29-19-8-11-26(15-19)22(25-14-17-9-13-27-16-17)24-10-7-18-4-3-12-28-18;/h1-6,12,17,19H,7-11,13-16H2,(H,24,25);1H. The fraction of sp³-hybridized carbons (Fsp3) is 0.500. The molecule has 1 N–H and O–H groups in total. The van der Waals surface area contributed by atoms with E-state index in [4.69, 9.17) is 30.5 Å². The molecule has 8 heteroatoms. The normalized spacial score (nSPS) is 21.5. The van der Waals surface area contributed by atoms with Gasteiger partial charge in [0.1, 0.15) is 17.6 Å². The molecule has 2 aromatic rings. The highest BCUT2D eigenvalue weighted by Crippen LogP contribution is 2.26. The van der Waals surface area contributed by atoms with Crippen molar-refractivity contribution in [3.63, 3.8) is 0 Å². The van der Waals surface area contributed by atoms with E-state index >= 15 is 0 Å². The van der Waals surface area contributed by atoms with Crippen LogP contribution in [0.25, 0.3) is 0 Å². The van der Waals surface area contributed by atoms with Crippen LogP contribution in [0.4, 0.5) is 0 Å². The van der Waals surface area contributed by atoms with Crippen LogP contribution in [0.15, 0.2) is 52.1 Å². The van der Waals surface area contributed by atoms with Gasteiger partial charge in [0.05, 0.1) is 24.4 Å². The van der Waals surface area contributed by atoms with Crippen LogP contribution in [-0.2, 0) is 11.2 Å². The molecule has 0 spiro atoms. The van der Waals surface area contributed by atoms with E-state index in [-0.39, 0.29) is 30.1 Å². The number of nitrogens with zero attached hydrogens (tertiary/aromatic N) is 2. The summed E-state index contributed by atoms with van der Waals surface area (Å²) in [6, 6.07) is 11.6. The molecule has 2 atom stereocenters. The van der Waals surface area contributed by atoms with E-state index in [0.717, 1.165) is 76.1 Å². The minimum atomic E-state index is 0. The number of likely N-dealkylation sites (tertiary alicyclic amines) is 1. The molecular formula is C22H29ClIN3O3. The maximum Gasteiger partial charge on any atom is 0.194 e. The zero-order chi connectivity index (χ0) is 19.9. The van der Waals surface area contributed by atoms with Gasteiger partial charge in [-0.15, -0.1) is 24.0 Å². The Bertz CT molecular complexity index is 797. The highest BCUT2D eigenvalue weighted by molar-refractivity contribution is 14.0. The predicted octanol–water partition coefficient (Wildman–Crippen LogP) is 4.23. The number of aliphatic imine (C=N–C) groups is 1. The van der Waals surface area contributed by atoms with Crippen molar-refractivity contribution in [1.82, 2.24) is 10.2 Å². The molecule has 6 nitrogen and oxygen atoms in total. The molecular weight excluding hydrogens is 517 g/mol. The Balaban J connectivity index is 0.00000256.